The zero-order valence-electron chi connectivity index (χ0n) is 12.9. The van der Waals surface area contributed by atoms with Crippen molar-refractivity contribution in [2.24, 2.45) is 5.92 Å². The Morgan fingerprint density at radius 1 is 1.05 bits per heavy atom. The summed E-state index contributed by atoms with van der Waals surface area (Å²) in [6, 6.07) is 0.611. The third kappa shape index (κ3) is 4.69. The molecule has 0 aromatic carbocycles. The fraction of sp³-hybridized carbons (Fsp3) is 1.00. The van der Waals surface area contributed by atoms with Crippen molar-refractivity contribution in [3.63, 3.8) is 0 Å². The molecule has 1 aliphatic heterocycles. The molecule has 0 bridgehead atoms. The highest BCUT2D eigenvalue weighted by atomic mass is 16.5. The highest BCUT2D eigenvalue weighted by Crippen LogP contribution is 2.35. The predicted molar refractivity (Wildman–Crippen MR) is 79.9 cm³/mol. The second-order valence-corrected chi connectivity index (χ2v) is 6.22. The van der Waals surface area contributed by atoms with Gasteiger partial charge in [0.25, 0.3) is 0 Å². The van der Waals surface area contributed by atoms with Gasteiger partial charge >= 0.3 is 0 Å². The van der Waals surface area contributed by atoms with Crippen LogP contribution in [0.15, 0.2) is 0 Å². The van der Waals surface area contributed by atoms with E-state index in [9.17, 15) is 5.11 Å². The lowest BCUT2D eigenvalue weighted by molar-refractivity contribution is 0.0250. The van der Waals surface area contributed by atoms with Gasteiger partial charge in [-0.1, -0.05) is 12.8 Å². The van der Waals surface area contributed by atoms with E-state index in [0.717, 1.165) is 26.0 Å². The summed E-state index contributed by atoms with van der Waals surface area (Å²) in [6.07, 6.45) is 8.37. The molecule has 1 saturated carbocycles. The molecule has 2 fully saturated rings. The summed E-state index contributed by atoms with van der Waals surface area (Å²) in [4.78, 5) is 2.61. The van der Waals surface area contributed by atoms with E-state index in [2.05, 4.69) is 4.90 Å². The number of hydrogen-bond acceptors (Lipinski definition) is 4. The number of ether oxygens (including phenoxy) is 2. The lowest BCUT2D eigenvalue weighted by atomic mass is 9.87. The molecular weight excluding hydrogens is 254 g/mol. The van der Waals surface area contributed by atoms with E-state index < -0.39 is 0 Å². The van der Waals surface area contributed by atoms with Crippen molar-refractivity contribution in [2.75, 3.05) is 40.0 Å². The molecule has 20 heavy (non-hydrogen) atoms. The van der Waals surface area contributed by atoms with E-state index in [4.69, 9.17) is 9.47 Å². The van der Waals surface area contributed by atoms with Crippen LogP contribution in [0.1, 0.15) is 44.9 Å². The molecule has 2 rings (SSSR count). The Morgan fingerprint density at radius 3 is 2.70 bits per heavy atom. The van der Waals surface area contributed by atoms with Gasteiger partial charge < -0.3 is 14.6 Å². The first-order valence-corrected chi connectivity index (χ1v) is 8.31. The topological polar surface area (TPSA) is 41.9 Å². The van der Waals surface area contributed by atoms with Crippen LogP contribution in [-0.4, -0.2) is 62.2 Å². The molecule has 3 unspecified atom stereocenters. The van der Waals surface area contributed by atoms with Crippen LogP contribution in [-0.2, 0) is 9.47 Å². The maximum Gasteiger partial charge on any atom is 0.0700 e. The van der Waals surface area contributed by atoms with Crippen LogP contribution in [0, 0.1) is 5.92 Å². The molecule has 0 amide bonds. The maximum atomic E-state index is 10.2. The average Bonchev–Trinajstić information content (AvgIpc) is 2.89. The van der Waals surface area contributed by atoms with E-state index in [1.165, 1.54) is 38.6 Å². The molecule has 0 spiro atoms. The number of likely N-dealkylation sites (tertiary alicyclic amines) is 1. The lowest BCUT2D eigenvalue weighted by Gasteiger charge is -2.40. The monoisotopic (exact) mass is 285 g/mol. The van der Waals surface area contributed by atoms with Crippen LogP contribution in [0.5, 0.6) is 0 Å². The van der Waals surface area contributed by atoms with E-state index >= 15 is 0 Å². The minimum absolute atomic E-state index is 0.0569. The molecule has 3 atom stereocenters. The average molecular weight is 285 g/mol. The number of aliphatic hydroxyl groups excluding tert-OH is 1. The number of aliphatic hydroxyl groups is 1. The van der Waals surface area contributed by atoms with Gasteiger partial charge in [-0.15, -0.1) is 0 Å². The Morgan fingerprint density at radius 2 is 1.95 bits per heavy atom. The second-order valence-electron chi connectivity index (χ2n) is 6.22. The minimum atomic E-state index is -0.0569. The summed E-state index contributed by atoms with van der Waals surface area (Å²) in [6.45, 7) is 4.51. The maximum absolute atomic E-state index is 10.2. The fourth-order valence-electron chi connectivity index (χ4n) is 3.81. The zero-order chi connectivity index (χ0) is 14.2. The molecule has 0 radical (unpaired) electrons. The van der Waals surface area contributed by atoms with Crippen LogP contribution in [0.2, 0.25) is 0 Å². The van der Waals surface area contributed by atoms with Gasteiger partial charge in [0, 0.05) is 32.2 Å². The standard InChI is InChI=1S/C16H31NO3/c1-19-12-13-20-11-5-10-17-9-3-2-7-15(17)14-6-4-8-16(14)18/h14-16,18H,2-13H2,1H3. The van der Waals surface area contributed by atoms with Crippen LogP contribution in [0.4, 0.5) is 0 Å². The first kappa shape index (κ1) is 16.2. The van der Waals surface area contributed by atoms with Gasteiger partial charge in [-0.3, -0.25) is 4.90 Å². The summed E-state index contributed by atoms with van der Waals surface area (Å²) in [5.74, 6) is 0.518. The quantitative estimate of drug-likeness (QED) is 0.693. The molecule has 1 saturated heterocycles. The number of piperidine rings is 1. The Hall–Kier alpha value is -0.160. The third-order valence-corrected chi connectivity index (χ3v) is 4.86. The molecule has 0 aromatic rings. The molecular formula is C16H31NO3. The van der Waals surface area contributed by atoms with Crippen molar-refractivity contribution in [1.29, 1.82) is 0 Å². The summed E-state index contributed by atoms with van der Waals surface area (Å²) in [7, 11) is 1.70. The van der Waals surface area contributed by atoms with E-state index in [1.807, 2.05) is 0 Å². The third-order valence-electron chi connectivity index (χ3n) is 4.86. The summed E-state index contributed by atoms with van der Waals surface area (Å²) in [5, 5.41) is 10.2. The van der Waals surface area contributed by atoms with Crippen LogP contribution in [0.25, 0.3) is 0 Å². The summed E-state index contributed by atoms with van der Waals surface area (Å²) < 4.78 is 10.5. The molecule has 1 N–H and O–H groups in total. The predicted octanol–water partition coefficient (Wildman–Crippen LogP) is 2.06. The van der Waals surface area contributed by atoms with E-state index in [-0.39, 0.29) is 6.10 Å². The fourth-order valence-corrected chi connectivity index (χ4v) is 3.81. The van der Waals surface area contributed by atoms with E-state index in [0.29, 0.717) is 25.2 Å². The van der Waals surface area contributed by atoms with Gasteiger partial charge in [0.2, 0.25) is 0 Å². The molecule has 4 nitrogen and oxygen atoms in total. The van der Waals surface area contributed by atoms with E-state index in [1.54, 1.807) is 7.11 Å². The molecule has 4 heteroatoms. The normalized spacial score (nSPS) is 31.8. The van der Waals surface area contributed by atoms with Crippen molar-refractivity contribution in [1.82, 2.24) is 4.90 Å². The molecule has 1 heterocycles. The van der Waals surface area contributed by atoms with Crippen molar-refractivity contribution in [2.45, 2.75) is 57.1 Å². The SMILES string of the molecule is COCCOCCCN1CCCCC1C1CCCC1O. The van der Waals surface area contributed by atoms with Gasteiger partial charge in [0.05, 0.1) is 19.3 Å². The zero-order valence-corrected chi connectivity index (χ0v) is 12.9. The van der Waals surface area contributed by atoms with Gasteiger partial charge in [-0.2, -0.15) is 0 Å². The lowest BCUT2D eigenvalue weighted by Crippen LogP contribution is -2.46. The molecule has 118 valence electrons. The Bertz CT molecular complexity index is 262. The summed E-state index contributed by atoms with van der Waals surface area (Å²) in [5.41, 5.74) is 0. The van der Waals surface area contributed by atoms with Crippen LogP contribution < -0.4 is 0 Å². The molecule has 1 aliphatic carbocycles. The molecule has 0 aromatic heterocycles. The van der Waals surface area contributed by atoms with Gasteiger partial charge in [0.1, 0.15) is 0 Å². The number of methoxy groups -OCH3 is 1. The number of hydrogen-bond donors (Lipinski definition) is 1. The summed E-state index contributed by atoms with van der Waals surface area (Å²) >= 11 is 0. The van der Waals surface area contributed by atoms with Gasteiger partial charge in [-0.05, 0) is 38.6 Å². The Labute approximate surface area is 123 Å². The molecule has 2 aliphatic rings. The number of nitrogens with zero attached hydrogens (tertiary/aromatic N) is 1. The van der Waals surface area contributed by atoms with Gasteiger partial charge in [-0.25, -0.2) is 0 Å². The largest absolute Gasteiger partial charge is 0.393 e. The second kappa shape index (κ2) is 8.98. The Balaban J connectivity index is 1.70. The van der Waals surface area contributed by atoms with Crippen molar-refractivity contribution >= 4 is 0 Å². The van der Waals surface area contributed by atoms with Crippen LogP contribution in [0.3, 0.4) is 0 Å². The van der Waals surface area contributed by atoms with Crippen molar-refractivity contribution in [3.8, 4) is 0 Å². The minimum Gasteiger partial charge on any atom is -0.393 e. The number of rotatable bonds is 8. The first-order chi connectivity index (χ1) is 9.83. The highest BCUT2D eigenvalue weighted by Gasteiger charge is 2.36. The Kier molecular flexibility index (Phi) is 7.28. The van der Waals surface area contributed by atoms with Crippen molar-refractivity contribution < 1.29 is 14.6 Å². The highest BCUT2D eigenvalue weighted by molar-refractivity contribution is 4.90. The van der Waals surface area contributed by atoms with Gasteiger partial charge in [0.15, 0.2) is 0 Å². The first-order valence-electron chi connectivity index (χ1n) is 8.31. The van der Waals surface area contributed by atoms with Crippen LogP contribution >= 0.6 is 0 Å². The van der Waals surface area contributed by atoms with Crippen molar-refractivity contribution in [3.05, 3.63) is 0 Å². The smallest absolute Gasteiger partial charge is 0.0700 e.